The fourth-order valence-electron chi connectivity index (χ4n) is 3.80. The zero-order chi connectivity index (χ0) is 20.3. The number of nitrogens with zero attached hydrogens (tertiary/aromatic N) is 6. The van der Waals surface area contributed by atoms with Crippen LogP contribution in [0.25, 0.3) is 27.5 Å². The van der Waals surface area contributed by atoms with E-state index >= 15 is 0 Å². The number of aromatic nitrogens is 4. The number of nitriles is 1. The molecule has 1 fully saturated rings. The van der Waals surface area contributed by atoms with Gasteiger partial charge in [0.05, 0.1) is 11.8 Å². The molecule has 1 aliphatic heterocycles. The molecule has 1 N–H and O–H groups in total. The standard InChI is InChI=1S/C20H14Cl2N6O/c1-10-17(16-7-24-6-11-4-12(21)2-3-14(11)16)20(27-8-13(29)9-27)28-19(25-10)15(5-23)18(22)26-28/h2-4,6-7,13,29H,8-9H2,1H3. The summed E-state index contributed by atoms with van der Waals surface area (Å²) in [6.45, 7) is 2.79. The summed E-state index contributed by atoms with van der Waals surface area (Å²) >= 11 is 12.4. The lowest BCUT2D eigenvalue weighted by molar-refractivity contribution is 0.141. The van der Waals surface area contributed by atoms with Gasteiger partial charge in [0.25, 0.3) is 0 Å². The number of pyridine rings is 1. The molecule has 5 rings (SSSR count). The van der Waals surface area contributed by atoms with Gasteiger partial charge in [-0.1, -0.05) is 29.3 Å². The molecule has 7 nitrogen and oxygen atoms in total. The third-order valence-corrected chi connectivity index (χ3v) is 5.64. The molecule has 0 spiro atoms. The molecule has 9 heteroatoms. The summed E-state index contributed by atoms with van der Waals surface area (Å²) in [5, 5.41) is 26.4. The predicted octanol–water partition coefficient (Wildman–Crippen LogP) is 3.61. The van der Waals surface area contributed by atoms with Gasteiger partial charge in [0.15, 0.2) is 10.8 Å². The third-order valence-electron chi connectivity index (χ3n) is 5.14. The van der Waals surface area contributed by atoms with Crippen molar-refractivity contribution in [2.24, 2.45) is 0 Å². The molecule has 29 heavy (non-hydrogen) atoms. The Morgan fingerprint density at radius 1 is 1.24 bits per heavy atom. The summed E-state index contributed by atoms with van der Waals surface area (Å²) in [7, 11) is 0. The van der Waals surface area contributed by atoms with Crippen LogP contribution in [-0.4, -0.2) is 43.9 Å². The van der Waals surface area contributed by atoms with Gasteiger partial charge in [-0.05, 0) is 24.4 Å². The van der Waals surface area contributed by atoms with Gasteiger partial charge >= 0.3 is 0 Å². The van der Waals surface area contributed by atoms with Gasteiger partial charge in [-0.25, -0.2) is 4.98 Å². The lowest BCUT2D eigenvalue weighted by Gasteiger charge is -2.39. The number of hydrogen-bond acceptors (Lipinski definition) is 6. The lowest BCUT2D eigenvalue weighted by Crippen LogP contribution is -2.51. The molecule has 4 aromatic rings. The smallest absolute Gasteiger partial charge is 0.177 e. The second-order valence-electron chi connectivity index (χ2n) is 7.02. The van der Waals surface area contributed by atoms with Crippen LogP contribution in [0.3, 0.4) is 0 Å². The van der Waals surface area contributed by atoms with Crippen LogP contribution in [-0.2, 0) is 0 Å². The van der Waals surface area contributed by atoms with E-state index in [-0.39, 0.29) is 10.7 Å². The van der Waals surface area contributed by atoms with Gasteiger partial charge in [0, 0.05) is 47.0 Å². The fourth-order valence-corrected chi connectivity index (χ4v) is 4.18. The number of anilines is 1. The minimum atomic E-state index is -0.419. The SMILES string of the molecule is Cc1nc2c(C#N)c(Cl)nn2c(N2CC(O)C2)c1-c1cncc2cc(Cl)ccc12. The molecule has 0 aliphatic carbocycles. The van der Waals surface area contributed by atoms with Gasteiger partial charge in [-0.2, -0.15) is 14.9 Å². The summed E-state index contributed by atoms with van der Waals surface area (Å²) < 4.78 is 1.59. The van der Waals surface area contributed by atoms with Crippen LogP contribution < -0.4 is 4.90 Å². The van der Waals surface area contributed by atoms with Crippen molar-refractivity contribution in [2.45, 2.75) is 13.0 Å². The summed E-state index contributed by atoms with van der Waals surface area (Å²) in [5.41, 5.74) is 3.03. The van der Waals surface area contributed by atoms with E-state index in [0.29, 0.717) is 29.5 Å². The van der Waals surface area contributed by atoms with Crippen molar-refractivity contribution in [3.05, 3.63) is 52.0 Å². The van der Waals surface area contributed by atoms with E-state index in [0.717, 1.165) is 27.7 Å². The Balaban J connectivity index is 1.88. The Morgan fingerprint density at radius 2 is 2.03 bits per heavy atom. The van der Waals surface area contributed by atoms with Crippen LogP contribution >= 0.6 is 23.2 Å². The third kappa shape index (κ3) is 2.72. The van der Waals surface area contributed by atoms with Crippen LogP contribution in [0.2, 0.25) is 10.2 Å². The van der Waals surface area contributed by atoms with Crippen LogP contribution in [0, 0.1) is 18.3 Å². The van der Waals surface area contributed by atoms with Crippen molar-refractivity contribution >= 4 is 45.4 Å². The van der Waals surface area contributed by atoms with Crippen LogP contribution in [0.15, 0.2) is 30.6 Å². The number of β-amino-alcohol motifs (C(OH)–C–C–N with tert-alkyl or cyclic N) is 1. The summed E-state index contributed by atoms with van der Waals surface area (Å²) in [6, 6.07) is 7.72. The minimum absolute atomic E-state index is 0.0988. The van der Waals surface area contributed by atoms with Gasteiger partial charge in [0.1, 0.15) is 17.5 Å². The normalized spacial score (nSPS) is 14.4. The van der Waals surface area contributed by atoms with E-state index in [1.54, 1.807) is 16.9 Å². The molecule has 144 valence electrons. The van der Waals surface area contributed by atoms with E-state index in [1.807, 2.05) is 30.0 Å². The molecule has 1 aliphatic rings. The van der Waals surface area contributed by atoms with E-state index in [9.17, 15) is 10.4 Å². The Morgan fingerprint density at radius 3 is 2.76 bits per heavy atom. The van der Waals surface area contributed by atoms with E-state index in [1.165, 1.54) is 0 Å². The van der Waals surface area contributed by atoms with E-state index in [4.69, 9.17) is 23.2 Å². The second-order valence-corrected chi connectivity index (χ2v) is 7.81. The predicted molar refractivity (Wildman–Crippen MR) is 111 cm³/mol. The van der Waals surface area contributed by atoms with Crippen molar-refractivity contribution in [3.8, 4) is 17.2 Å². The Bertz CT molecular complexity index is 1340. The van der Waals surface area contributed by atoms with Crippen molar-refractivity contribution in [1.82, 2.24) is 19.6 Å². The van der Waals surface area contributed by atoms with E-state index in [2.05, 4.69) is 21.1 Å². The number of aliphatic hydroxyl groups is 1. The summed E-state index contributed by atoms with van der Waals surface area (Å²) in [5.74, 6) is 0.727. The quantitative estimate of drug-likeness (QED) is 0.528. The maximum atomic E-state index is 9.90. The average molecular weight is 425 g/mol. The van der Waals surface area contributed by atoms with Crippen LogP contribution in [0.5, 0.6) is 0 Å². The molecule has 0 unspecified atom stereocenters. The number of hydrogen-bond donors (Lipinski definition) is 1. The van der Waals surface area contributed by atoms with Gasteiger partial charge in [-0.3, -0.25) is 4.98 Å². The zero-order valence-electron chi connectivity index (χ0n) is 15.3. The van der Waals surface area contributed by atoms with Crippen molar-refractivity contribution in [2.75, 3.05) is 18.0 Å². The van der Waals surface area contributed by atoms with Gasteiger partial charge in [0.2, 0.25) is 0 Å². The maximum absolute atomic E-state index is 9.90. The Hall–Kier alpha value is -2.92. The number of aryl methyl sites for hydroxylation is 1. The first-order chi connectivity index (χ1) is 14.0. The molecule has 4 heterocycles. The van der Waals surface area contributed by atoms with Gasteiger partial charge < -0.3 is 10.0 Å². The highest BCUT2D eigenvalue weighted by atomic mass is 35.5. The highest BCUT2D eigenvalue weighted by Crippen LogP contribution is 2.40. The Kier molecular flexibility index (Phi) is 4.10. The van der Waals surface area contributed by atoms with Crippen LogP contribution in [0.4, 0.5) is 5.82 Å². The molecule has 3 aromatic heterocycles. The second kappa shape index (κ2) is 6.56. The van der Waals surface area contributed by atoms with Crippen LogP contribution in [0.1, 0.15) is 11.3 Å². The number of halogens is 2. The Labute approximate surface area is 175 Å². The molecule has 0 bridgehead atoms. The number of fused-ring (bicyclic) bond motifs is 2. The van der Waals surface area contributed by atoms with Crippen molar-refractivity contribution in [1.29, 1.82) is 5.26 Å². The largest absolute Gasteiger partial charge is 0.389 e. The highest BCUT2D eigenvalue weighted by Gasteiger charge is 2.32. The van der Waals surface area contributed by atoms with Crippen molar-refractivity contribution < 1.29 is 5.11 Å². The zero-order valence-corrected chi connectivity index (χ0v) is 16.8. The lowest BCUT2D eigenvalue weighted by atomic mass is 9.98. The highest BCUT2D eigenvalue weighted by molar-refractivity contribution is 6.31. The topological polar surface area (TPSA) is 90.3 Å². The number of aliphatic hydroxyl groups excluding tert-OH is 1. The number of rotatable bonds is 2. The van der Waals surface area contributed by atoms with E-state index < -0.39 is 6.10 Å². The average Bonchev–Trinajstić information content (AvgIpc) is 2.98. The molecular weight excluding hydrogens is 411 g/mol. The summed E-state index contributed by atoms with van der Waals surface area (Å²) in [4.78, 5) is 11.0. The first-order valence-corrected chi connectivity index (χ1v) is 9.69. The fraction of sp³-hybridized carbons (Fsp3) is 0.200. The monoisotopic (exact) mass is 424 g/mol. The molecule has 0 amide bonds. The first-order valence-electron chi connectivity index (χ1n) is 8.93. The maximum Gasteiger partial charge on any atom is 0.177 e. The molecule has 0 saturated carbocycles. The molecule has 1 aromatic carbocycles. The molecule has 0 atom stereocenters. The minimum Gasteiger partial charge on any atom is -0.389 e. The van der Waals surface area contributed by atoms with Crippen molar-refractivity contribution in [3.63, 3.8) is 0 Å². The number of benzene rings is 1. The van der Waals surface area contributed by atoms with Gasteiger partial charge in [-0.15, -0.1) is 0 Å². The molecule has 0 radical (unpaired) electrons. The molecule has 1 saturated heterocycles. The molecular formula is C20H14Cl2N6O. The summed E-state index contributed by atoms with van der Waals surface area (Å²) in [6.07, 6.45) is 3.12. The first kappa shape index (κ1) is 18.1.